The van der Waals surface area contributed by atoms with Crippen LogP contribution in [-0.4, -0.2) is 25.6 Å². The Hall–Kier alpha value is -3.22. The minimum Gasteiger partial charge on any atom is -0.497 e. The number of rotatable bonds is 4. The molecule has 1 aliphatic rings. The van der Waals surface area contributed by atoms with Gasteiger partial charge in [-0.15, -0.1) is 5.11 Å². The van der Waals surface area contributed by atoms with E-state index in [9.17, 15) is 9.59 Å². The van der Waals surface area contributed by atoms with E-state index >= 15 is 0 Å². The first kappa shape index (κ1) is 15.7. The van der Waals surface area contributed by atoms with Crippen LogP contribution in [0, 0.1) is 0 Å². The zero-order valence-corrected chi connectivity index (χ0v) is 13.0. The average Bonchev–Trinajstić information content (AvgIpc) is 2.62. The Labute approximate surface area is 138 Å². The maximum Gasteiger partial charge on any atom is 0.319 e. The van der Waals surface area contributed by atoms with Gasteiger partial charge in [-0.25, -0.2) is 4.79 Å². The van der Waals surface area contributed by atoms with E-state index < -0.39 is 0 Å². The minimum atomic E-state index is -0.375. The number of hydrogen-bond donors (Lipinski definition) is 2. The van der Waals surface area contributed by atoms with E-state index in [4.69, 9.17) is 4.74 Å². The number of carbonyl (C=O) groups excluding carboxylic acids is 2. The number of benzene rings is 2. The molecule has 0 radical (unpaired) electrons. The molecular weight excluding hydrogens is 308 g/mol. The van der Waals surface area contributed by atoms with Crippen molar-refractivity contribution < 1.29 is 14.3 Å². The third-order valence-corrected chi connectivity index (χ3v) is 3.64. The first-order valence-electron chi connectivity index (χ1n) is 7.40. The lowest BCUT2D eigenvalue weighted by Crippen LogP contribution is -2.32. The molecule has 1 unspecified atom stereocenters. The van der Waals surface area contributed by atoms with Gasteiger partial charge in [-0.05, 0) is 35.9 Å². The van der Waals surface area contributed by atoms with Crippen molar-refractivity contribution in [3.8, 4) is 5.75 Å². The predicted octanol–water partition coefficient (Wildman–Crippen LogP) is 3.16. The quantitative estimate of drug-likeness (QED) is 0.904. The van der Waals surface area contributed by atoms with Crippen LogP contribution in [0.4, 0.5) is 10.5 Å². The fourth-order valence-electron chi connectivity index (χ4n) is 2.41. The molecule has 7 heteroatoms. The largest absolute Gasteiger partial charge is 0.497 e. The van der Waals surface area contributed by atoms with Crippen molar-refractivity contribution in [3.63, 3.8) is 0 Å². The second kappa shape index (κ2) is 6.91. The molecule has 0 spiro atoms. The number of methoxy groups -OCH3 is 1. The molecule has 7 nitrogen and oxygen atoms in total. The molecule has 3 rings (SSSR count). The normalized spacial score (nSPS) is 15.5. The van der Waals surface area contributed by atoms with Crippen LogP contribution in [0.15, 0.2) is 58.8 Å². The number of hydrogen-bond acceptors (Lipinski definition) is 4. The molecule has 122 valence electrons. The zero-order chi connectivity index (χ0) is 16.9. The lowest BCUT2D eigenvalue weighted by Gasteiger charge is -2.18. The van der Waals surface area contributed by atoms with E-state index in [1.165, 1.54) is 0 Å². The highest BCUT2D eigenvalue weighted by molar-refractivity contribution is 5.97. The molecule has 1 aliphatic heterocycles. The SMILES string of the molecule is COc1ccc(NC(=O)NCC2N=NC(=O)c3ccccc32)cc1. The fraction of sp³-hybridized carbons (Fsp3) is 0.176. The van der Waals surface area contributed by atoms with Crippen molar-refractivity contribution in [1.82, 2.24) is 5.32 Å². The van der Waals surface area contributed by atoms with Crippen molar-refractivity contribution in [2.24, 2.45) is 10.2 Å². The van der Waals surface area contributed by atoms with Crippen molar-refractivity contribution >= 4 is 17.6 Å². The van der Waals surface area contributed by atoms with E-state index in [2.05, 4.69) is 20.9 Å². The summed E-state index contributed by atoms with van der Waals surface area (Å²) in [7, 11) is 1.58. The molecular formula is C17H16N4O3. The van der Waals surface area contributed by atoms with Crippen LogP contribution in [-0.2, 0) is 0 Å². The van der Waals surface area contributed by atoms with Gasteiger partial charge in [0.25, 0.3) is 5.91 Å². The predicted molar refractivity (Wildman–Crippen MR) is 88.4 cm³/mol. The van der Waals surface area contributed by atoms with E-state index in [0.29, 0.717) is 17.0 Å². The average molecular weight is 324 g/mol. The molecule has 0 bridgehead atoms. The summed E-state index contributed by atoms with van der Waals surface area (Å²) in [6.07, 6.45) is 0. The van der Waals surface area contributed by atoms with E-state index in [-0.39, 0.29) is 24.5 Å². The van der Waals surface area contributed by atoms with Crippen LogP contribution in [0.3, 0.4) is 0 Å². The Balaban J connectivity index is 1.60. The molecule has 0 saturated heterocycles. The van der Waals surface area contributed by atoms with Gasteiger partial charge in [-0.1, -0.05) is 18.2 Å². The third kappa shape index (κ3) is 3.40. The zero-order valence-electron chi connectivity index (χ0n) is 13.0. The van der Waals surface area contributed by atoms with Crippen LogP contribution in [0.5, 0.6) is 5.75 Å². The summed E-state index contributed by atoms with van der Waals surface area (Å²) in [6.45, 7) is 0.246. The molecule has 3 amide bonds. The summed E-state index contributed by atoms with van der Waals surface area (Å²) in [4.78, 5) is 23.7. The van der Waals surface area contributed by atoms with Gasteiger partial charge in [-0.2, -0.15) is 5.11 Å². The van der Waals surface area contributed by atoms with Crippen molar-refractivity contribution in [2.75, 3.05) is 19.0 Å². The van der Waals surface area contributed by atoms with Gasteiger partial charge >= 0.3 is 6.03 Å². The fourth-order valence-corrected chi connectivity index (χ4v) is 2.41. The number of fused-ring (bicyclic) bond motifs is 1. The standard InChI is InChI=1S/C17H16N4O3/c1-24-12-8-6-11(7-9-12)19-17(23)18-10-15-13-4-2-3-5-14(13)16(22)21-20-15/h2-9,15H,10H2,1H3,(H2,18,19,23). The topological polar surface area (TPSA) is 92.2 Å². The van der Waals surface area contributed by atoms with E-state index in [0.717, 1.165) is 5.56 Å². The smallest absolute Gasteiger partial charge is 0.319 e. The van der Waals surface area contributed by atoms with Crippen molar-refractivity contribution in [1.29, 1.82) is 0 Å². The Bertz CT molecular complexity index is 787. The van der Waals surface area contributed by atoms with Crippen molar-refractivity contribution in [2.45, 2.75) is 6.04 Å². The summed E-state index contributed by atoms with van der Waals surface area (Å²) < 4.78 is 5.06. The number of anilines is 1. The second-order valence-electron chi connectivity index (χ2n) is 5.19. The monoisotopic (exact) mass is 324 g/mol. The van der Waals surface area contributed by atoms with Gasteiger partial charge in [0.2, 0.25) is 0 Å². The Morgan fingerprint density at radius 2 is 1.92 bits per heavy atom. The summed E-state index contributed by atoms with van der Waals surface area (Å²) in [5.41, 5.74) is 1.94. The van der Waals surface area contributed by atoms with Crippen LogP contribution in [0.1, 0.15) is 22.0 Å². The number of ether oxygens (including phenoxy) is 1. The van der Waals surface area contributed by atoms with Crippen LogP contribution in [0.2, 0.25) is 0 Å². The maximum absolute atomic E-state index is 12.0. The van der Waals surface area contributed by atoms with Crippen LogP contribution < -0.4 is 15.4 Å². The highest BCUT2D eigenvalue weighted by atomic mass is 16.5. The number of amides is 3. The Kier molecular flexibility index (Phi) is 4.51. The summed E-state index contributed by atoms with van der Waals surface area (Å²) >= 11 is 0. The summed E-state index contributed by atoms with van der Waals surface area (Å²) in [5, 5.41) is 13.1. The number of azo groups is 1. The second-order valence-corrected chi connectivity index (χ2v) is 5.19. The molecule has 2 aromatic carbocycles. The van der Waals surface area contributed by atoms with E-state index in [1.54, 1.807) is 43.5 Å². The number of carbonyl (C=O) groups is 2. The van der Waals surface area contributed by atoms with Gasteiger partial charge in [0.1, 0.15) is 11.8 Å². The van der Waals surface area contributed by atoms with Gasteiger partial charge in [-0.3, -0.25) is 4.79 Å². The molecule has 0 aromatic heterocycles. The first-order chi connectivity index (χ1) is 11.7. The molecule has 0 aliphatic carbocycles. The maximum atomic E-state index is 12.0. The molecule has 0 saturated carbocycles. The van der Waals surface area contributed by atoms with Gasteiger partial charge < -0.3 is 15.4 Å². The molecule has 1 atom stereocenters. The molecule has 24 heavy (non-hydrogen) atoms. The van der Waals surface area contributed by atoms with Crippen LogP contribution in [0.25, 0.3) is 0 Å². The lowest BCUT2D eigenvalue weighted by atomic mass is 9.99. The third-order valence-electron chi connectivity index (χ3n) is 3.64. The molecule has 2 N–H and O–H groups in total. The number of nitrogens with one attached hydrogen (secondary N) is 2. The van der Waals surface area contributed by atoms with Crippen LogP contribution >= 0.6 is 0 Å². The molecule has 1 heterocycles. The van der Waals surface area contributed by atoms with Crippen molar-refractivity contribution in [3.05, 3.63) is 59.7 Å². The lowest BCUT2D eigenvalue weighted by molar-refractivity contribution is 0.0985. The number of urea groups is 1. The molecule has 0 fully saturated rings. The highest BCUT2D eigenvalue weighted by Crippen LogP contribution is 2.26. The summed E-state index contributed by atoms with van der Waals surface area (Å²) in [5.74, 6) is 0.356. The first-order valence-corrected chi connectivity index (χ1v) is 7.40. The van der Waals surface area contributed by atoms with Gasteiger partial charge in [0.05, 0.1) is 7.11 Å². The summed E-state index contributed by atoms with van der Waals surface area (Å²) in [6, 6.07) is 13.4. The van der Waals surface area contributed by atoms with Gasteiger partial charge in [0.15, 0.2) is 0 Å². The number of nitrogens with zero attached hydrogens (tertiary/aromatic N) is 2. The minimum absolute atomic E-state index is 0.246. The van der Waals surface area contributed by atoms with Gasteiger partial charge in [0, 0.05) is 17.8 Å². The molecule has 2 aromatic rings. The van der Waals surface area contributed by atoms with E-state index in [1.807, 2.05) is 12.1 Å². The Morgan fingerprint density at radius 3 is 2.67 bits per heavy atom. The Morgan fingerprint density at radius 1 is 1.17 bits per heavy atom. The highest BCUT2D eigenvalue weighted by Gasteiger charge is 2.23.